The van der Waals surface area contributed by atoms with Crippen molar-refractivity contribution in [1.29, 1.82) is 0 Å². The van der Waals surface area contributed by atoms with Crippen LogP contribution in [0.15, 0.2) is 30.3 Å². The standard InChI is InChI=1S/C19H27N5O3/c1-3-9-24-18(26)16(20-19(24)27)11-17(25)23(2)12-14-10-15(22-21-14)13-7-5-4-6-8-13/h4-8,14-16,21-22H,3,9-12H2,1-2H3,(H,20,27). The number of urea groups is 1. The minimum Gasteiger partial charge on any atom is -0.344 e. The molecular weight excluding hydrogens is 346 g/mol. The molecule has 4 amide bonds. The van der Waals surface area contributed by atoms with E-state index in [0.717, 1.165) is 6.42 Å². The van der Waals surface area contributed by atoms with Gasteiger partial charge in [-0.15, -0.1) is 0 Å². The summed E-state index contributed by atoms with van der Waals surface area (Å²) in [6, 6.07) is 9.32. The third kappa shape index (κ3) is 4.45. The predicted octanol–water partition coefficient (Wildman–Crippen LogP) is 0.773. The van der Waals surface area contributed by atoms with Crippen LogP contribution >= 0.6 is 0 Å². The van der Waals surface area contributed by atoms with Gasteiger partial charge in [0.2, 0.25) is 5.91 Å². The fourth-order valence-corrected chi connectivity index (χ4v) is 3.56. The van der Waals surface area contributed by atoms with E-state index in [4.69, 9.17) is 0 Å². The Morgan fingerprint density at radius 2 is 1.96 bits per heavy atom. The number of likely N-dealkylation sites (N-methyl/N-ethyl adjacent to an activating group) is 1. The topological polar surface area (TPSA) is 93.8 Å². The molecule has 27 heavy (non-hydrogen) atoms. The maximum absolute atomic E-state index is 12.5. The van der Waals surface area contributed by atoms with E-state index in [1.165, 1.54) is 10.5 Å². The highest BCUT2D eigenvalue weighted by atomic mass is 16.2. The van der Waals surface area contributed by atoms with E-state index >= 15 is 0 Å². The Kier molecular flexibility index (Phi) is 6.08. The number of carbonyl (C=O) groups excluding carboxylic acids is 3. The van der Waals surface area contributed by atoms with Crippen LogP contribution < -0.4 is 16.2 Å². The summed E-state index contributed by atoms with van der Waals surface area (Å²) in [5.41, 5.74) is 7.71. The molecular formula is C19H27N5O3. The van der Waals surface area contributed by atoms with Crippen LogP contribution in [-0.2, 0) is 9.59 Å². The molecule has 3 N–H and O–H groups in total. The largest absolute Gasteiger partial charge is 0.344 e. The van der Waals surface area contributed by atoms with E-state index < -0.39 is 12.1 Å². The highest BCUT2D eigenvalue weighted by Crippen LogP contribution is 2.22. The highest BCUT2D eigenvalue weighted by molar-refractivity contribution is 6.05. The van der Waals surface area contributed by atoms with Crippen molar-refractivity contribution in [2.45, 2.75) is 44.3 Å². The second kappa shape index (κ2) is 8.49. The molecule has 146 valence electrons. The molecule has 3 atom stereocenters. The van der Waals surface area contributed by atoms with Crippen LogP contribution in [0, 0.1) is 0 Å². The van der Waals surface area contributed by atoms with Gasteiger partial charge in [-0.25, -0.2) is 10.2 Å². The number of nitrogens with one attached hydrogen (secondary N) is 3. The van der Waals surface area contributed by atoms with Crippen LogP contribution in [0.5, 0.6) is 0 Å². The summed E-state index contributed by atoms with van der Waals surface area (Å²) >= 11 is 0. The maximum Gasteiger partial charge on any atom is 0.324 e. The zero-order chi connectivity index (χ0) is 19.4. The van der Waals surface area contributed by atoms with Crippen molar-refractivity contribution in [3.8, 4) is 0 Å². The van der Waals surface area contributed by atoms with Crippen LogP contribution in [-0.4, -0.2) is 59.9 Å². The lowest BCUT2D eigenvalue weighted by molar-refractivity contribution is -0.135. The lowest BCUT2D eigenvalue weighted by Gasteiger charge is -2.22. The minimum atomic E-state index is -0.759. The smallest absolute Gasteiger partial charge is 0.324 e. The Bertz CT molecular complexity index is 696. The van der Waals surface area contributed by atoms with Gasteiger partial charge in [-0.3, -0.25) is 19.9 Å². The molecule has 2 fully saturated rings. The summed E-state index contributed by atoms with van der Waals surface area (Å²) in [4.78, 5) is 39.4. The molecule has 0 radical (unpaired) electrons. The van der Waals surface area contributed by atoms with Crippen molar-refractivity contribution < 1.29 is 14.4 Å². The number of carbonyl (C=O) groups is 3. The molecule has 0 spiro atoms. The number of hydrazine groups is 1. The Labute approximate surface area is 159 Å². The molecule has 3 rings (SSSR count). The number of amides is 4. The van der Waals surface area contributed by atoms with Gasteiger partial charge in [0.1, 0.15) is 6.04 Å². The van der Waals surface area contributed by atoms with Crippen LogP contribution in [0.25, 0.3) is 0 Å². The summed E-state index contributed by atoms with van der Waals surface area (Å²) in [6.07, 6.45) is 1.55. The van der Waals surface area contributed by atoms with Crippen molar-refractivity contribution in [2.75, 3.05) is 20.1 Å². The maximum atomic E-state index is 12.5. The monoisotopic (exact) mass is 373 g/mol. The molecule has 2 aliphatic heterocycles. The molecule has 0 bridgehead atoms. The molecule has 2 aliphatic rings. The first kappa shape index (κ1) is 19.3. The van der Waals surface area contributed by atoms with Crippen molar-refractivity contribution in [2.24, 2.45) is 0 Å². The second-order valence-electron chi connectivity index (χ2n) is 7.15. The Morgan fingerprint density at radius 3 is 2.67 bits per heavy atom. The van der Waals surface area contributed by atoms with E-state index in [1.54, 1.807) is 11.9 Å². The summed E-state index contributed by atoms with van der Waals surface area (Å²) in [7, 11) is 1.73. The molecule has 3 unspecified atom stereocenters. The Hall–Kier alpha value is -2.45. The van der Waals surface area contributed by atoms with Crippen molar-refractivity contribution in [3.63, 3.8) is 0 Å². The number of hydrogen-bond donors (Lipinski definition) is 3. The van der Waals surface area contributed by atoms with Crippen LogP contribution in [0.3, 0.4) is 0 Å². The molecule has 1 aromatic carbocycles. The van der Waals surface area contributed by atoms with Gasteiger partial charge in [-0.2, -0.15) is 0 Å². The Morgan fingerprint density at radius 1 is 1.22 bits per heavy atom. The zero-order valence-electron chi connectivity index (χ0n) is 15.8. The van der Waals surface area contributed by atoms with Crippen molar-refractivity contribution >= 4 is 17.8 Å². The van der Waals surface area contributed by atoms with Crippen molar-refractivity contribution in [3.05, 3.63) is 35.9 Å². The van der Waals surface area contributed by atoms with Gasteiger partial charge < -0.3 is 10.2 Å². The van der Waals surface area contributed by atoms with E-state index in [2.05, 4.69) is 28.3 Å². The van der Waals surface area contributed by atoms with Crippen LogP contribution in [0.4, 0.5) is 4.79 Å². The van der Waals surface area contributed by atoms with Crippen LogP contribution in [0.1, 0.15) is 37.8 Å². The number of hydrogen-bond acceptors (Lipinski definition) is 5. The summed E-state index contributed by atoms with van der Waals surface area (Å²) < 4.78 is 0. The van der Waals surface area contributed by atoms with E-state index in [-0.39, 0.29) is 30.3 Å². The molecule has 2 heterocycles. The number of imide groups is 1. The van der Waals surface area contributed by atoms with Crippen LogP contribution in [0.2, 0.25) is 0 Å². The molecule has 0 aliphatic carbocycles. The van der Waals surface area contributed by atoms with Gasteiger partial charge in [-0.1, -0.05) is 37.3 Å². The summed E-state index contributed by atoms with van der Waals surface area (Å²) in [5.74, 6) is -0.467. The fraction of sp³-hybridized carbons (Fsp3) is 0.526. The Balaban J connectivity index is 1.49. The average Bonchev–Trinajstić information content (AvgIpc) is 3.23. The molecule has 0 saturated carbocycles. The van der Waals surface area contributed by atoms with Gasteiger partial charge in [0.15, 0.2) is 0 Å². The molecule has 0 aromatic heterocycles. The molecule has 2 saturated heterocycles. The third-order valence-corrected chi connectivity index (χ3v) is 5.04. The first-order valence-electron chi connectivity index (χ1n) is 9.41. The van der Waals surface area contributed by atoms with E-state index in [1.807, 2.05) is 25.1 Å². The van der Waals surface area contributed by atoms with E-state index in [9.17, 15) is 14.4 Å². The highest BCUT2D eigenvalue weighted by Gasteiger charge is 2.39. The van der Waals surface area contributed by atoms with Crippen molar-refractivity contribution in [1.82, 2.24) is 26.0 Å². The SMILES string of the molecule is CCCN1C(=O)NC(CC(=O)N(C)CC2CC(c3ccccc3)NN2)C1=O. The van der Waals surface area contributed by atoms with Gasteiger partial charge in [-0.05, 0) is 18.4 Å². The lowest BCUT2D eigenvalue weighted by atomic mass is 10.0. The van der Waals surface area contributed by atoms with E-state index in [0.29, 0.717) is 19.5 Å². The quantitative estimate of drug-likeness (QED) is 0.614. The molecule has 8 heteroatoms. The van der Waals surface area contributed by atoms with Gasteiger partial charge in [0.05, 0.1) is 6.42 Å². The van der Waals surface area contributed by atoms with Gasteiger partial charge >= 0.3 is 6.03 Å². The first-order valence-corrected chi connectivity index (χ1v) is 9.41. The normalized spacial score (nSPS) is 25.0. The second-order valence-corrected chi connectivity index (χ2v) is 7.15. The fourth-order valence-electron chi connectivity index (χ4n) is 3.56. The summed E-state index contributed by atoms with van der Waals surface area (Å²) in [5, 5.41) is 2.61. The minimum absolute atomic E-state index is 0.0104. The average molecular weight is 373 g/mol. The van der Waals surface area contributed by atoms with Gasteiger partial charge in [0.25, 0.3) is 5.91 Å². The third-order valence-electron chi connectivity index (χ3n) is 5.04. The summed E-state index contributed by atoms with van der Waals surface area (Å²) in [6.45, 7) is 2.81. The predicted molar refractivity (Wildman–Crippen MR) is 100 cm³/mol. The zero-order valence-corrected chi connectivity index (χ0v) is 15.8. The lowest BCUT2D eigenvalue weighted by Crippen LogP contribution is -2.43. The number of benzene rings is 1. The number of rotatable bonds is 7. The number of nitrogens with zero attached hydrogens (tertiary/aromatic N) is 2. The van der Waals surface area contributed by atoms with Gasteiger partial charge in [0, 0.05) is 32.2 Å². The first-order chi connectivity index (χ1) is 13.0. The molecule has 8 nitrogen and oxygen atoms in total. The molecule has 1 aromatic rings.